The highest BCUT2D eigenvalue weighted by Gasteiger charge is 2.49. The van der Waals surface area contributed by atoms with Crippen molar-refractivity contribution in [3.63, 3.8) is 0 Å². The van der Waals surface area contributed by atoms with E-state index in [1.807, 2.05) is 0 Å². The molecule has 0 aromatic rings. The molecule has 2 rings (SSSR count). The fraction of sp³-hybridized carbons (Fsp3) is 0.750. The highest BCUT2D eigenvalue weighted by Crippen LogP contribution is 2.51. The Labute approximate surface area is 246 Å². The molecular weight excluding hydrogens is 496 g/mol. The van der Waals surface area contributed by atoms with Gasteiger partial charge in [-0.25, -0.2) is 0 Å². The van der Waals surface area contributed by atoms with Crippen molar-refractivity contribution in [1.82, 2.24) is 0 Å². The van der Waals surface area contributed by atoms with E-state index >= 15 is 0 Å². The first kappa shape index (κ1) is 34.6. The van der Waals surface area contributed by atoms with Crippen LogP contribution in [0.25, 0.3) is 0 Å². The molecule has 0 bridgehead atoms. The third kappa shape index (κ3) is 10.3. The van der Waals surface area contributed by atoms with E-state index in [4.69, 9.17) is 4.74 Å². The van der Waals surface area contributed by atoms with Crippen molar-refractivity contribution in [3.8, 4) is 0 Å². The number of carbonyl (C=O) groups is 1. The summed E-state index contributed by atoms with van der Waals surface area (Å²) in [5.74, 6) is -1.34. The number of carboxylic acid groups (broad SMARTS) is 1. The van der Waals surface area contributed by atoms with Gasteiger partial charge in [0.25, 0.3) is 0 Å². The largest absolute Gasteiger partial charge is 0.550 e. The number of hydrogen-bond acceptors (Lipinski definition) is 4. The van der Waals surface area contributed by atoms with Gasteiger partial charge in [0, 0.05) is 5.97 Å². The molecule has 4 unspecified atom stereocenters. The zero-order valence-corrected chi connectivity index (χ0v) is 26.9. The molecule has 2 aliphatic rings. The van der Waals surface area contributed by atoms with Crippen LogP contribution in [0, 0.1) is 5.92 Å². The molecular formula is C36H59O4-. The van der Waals surface area contributed by atoms with Gasteiger partial charge in [-0.05, 0) is 134 Å². The first-order chi connectivity index (χ1) is 18.9. The van der Waals surface area contributed by atoms with Gasteiger partial charge in [0.15, 0.2) is 0 Å². The van der Waals surface area contributed by atoms with Crippen molar-refractivity contribution in [2.45, 2.75) is 169 Å². The fourth-order valence-corrected chi connectivity index (χ4v) is 6.43. The van der Waals surface area contributed by atoms with E-state index in [-0.39, 0.29) is 17.1 Å². The minimum Gasteiger partial charge on any atom is -0.550 e. The standard InChI is InChI=1S/C36H60O4/c1-8-9-10-11-12-13-24-36-31(6)30(5)33(37)26-32(36)22-25-35(7,40-36)23-16-20-28(3)18-14-17-27(2)19-15-21-29(4)34(38)39/h19-20,26,29,33,37H,8-18,21-25H2,1-7H3,(H,38,39)/p-1/b27-19+,28-20+. The van der Waals surface area contributed by atoms with Crippen LogP contribution in [0.4, 0.5) is 0 Å². The summed E-state index contributed by atoms with van der Waals surface area (Å²) in [7, 11) is 0. The van der Waals surface area contributed by atoms with Gasteiger partial charge in [-0.2, -0.15) is 0 Å². The SMILES string of the molecule is CCCCCCCCC12OC(C)(CC/C=C(\C)CCC/C(C)=C/CCC(C)C(=O)[O-])CCC1=CC(O)C(C)=C2C. The Morgan fingerprint density at radius 2 is 1.68 bits per heavy atom. The van der Waals surface area contributed by atoms with Crippen molar-refractivity contribution in [2.24, 2.45) is 5.92 Å². The van der Waals surface area contributed by atoms with Gasteiger partial charge in [0.05, 0.1) is 11.7 Å². The number of hydrogen-bond donors (Lipinski definition) is 1. The van der Waals surface area contributed by atoms with E-state index < -0.39 is 12.1 Å². The molecule has 228 valence electrons. The maximum Gasteiger partial charge on any atom is 0.111 e. The second kappa shape index (κ2) is 16.7. The lowest BCUT2D eigenvalue weighted by atomic mass is 9.69. The number of ether oxygens (including phenoxy) is 1. The minimum atomic E-state index is -0.955. The number of rotatable bonds is 18. The van der Waals surface area contributed by atoms with E-state index in [1.54, 1.807) is 6.92 Å². The number of allylic oxidation sites excluding steroid dienone is 4. The fourth-order valence-electron chi connectivity index (χ4n) is 6.43. The minimum absolute atomic E-state index is 0.165. The van der Waals surface area contributed by atoms with Gasteiger partial charge in [0.2, 0.25) is 0 Å². The monoisotopic (exact) mass is 555 g/mol. The number of unbranched alkanes of at least 4 members (excludes halogenated alkanes) is 5. The number of carbonyl (C=O) groups excluding carboxylic acids is 1. The van der Waals surface area contributed by atoms with Crippen molar-refractivity contribution in [3.05, 3.63) is 46.1 Å². The zero-order valence-electron chi connectivity index (χ0n) is 26.9. The summed E-state index contributed by atoms with van der Waals surface area (Å²) in [6.07, 6.45) is 23.6. The molecule has 1 N–H and O–H groups in total. The van der Waals surface area contributed by atoms with E-state index in [0.29, 0.717) is 6.42 Å². The molecule has 40 heavy (non-hydrogen) atoms. The van der Waals surface area contributed by atoms with Crippen LogP contribution in [0.5, 0.6) is 0 Å². The molecule has 0 spiro atoms. The summed E-state index contributed by atoms with van der Waals surface area (Å²) in [4.78, 5) is 10.9. The normalized spacial score (nSPS) is 26.5. The molecule has 1 aliphatic heterocycles. The predicted molar refractivity (Wildman–Crippen MR) is 166 cm³/mol. The van der Waals surface area contributed by atoms with E-state index in [0.717, 1.165) is 63.4 Å². The second-order valence-electron chi connectivity index (χ2n) is 13.1. The Morgan fingerprint density at radius 1 is 1.05 bits per heavy atom. The van der Waals surface area contributed by atoms with Crippen LogP contribution >= 0.6 is 0 Å². The van der Waals surface area contributed by atoms with Gasteiger partial charge >= 0.3 is 0 Å². The zero-order chi connectivity index (χ0) is 29.8. The number of aliphatic carboxylic acids is 1. The molecule has 0 saturated carbocycles. The summed E-state index contributed by atoms with van der Waals surface area (Å²) in [5, 5.41) is 21.5. The smallest absolute Gasteiger partial charge is 0.111 e. The number of carboxylic acids is 1. The molecule has 0 aromatic heterocycles. The maximum absolute atomic E-state index is 10.9. The van der Waals surface area contributed by atoms with Crippen LogP contribution in [0.15, 0.2) is 46.1 Å². The topological polar surface area (TPSA) is 69.6 Å². The lowest BCUT2D eigenvalue weighted by molar-refractivity contribution is -0.311. The Kier molecular flexibility index (Phi) is 14.4. The van der Waals surface area contributed by atoms with Crippen LogP contribution in [0.3, 0.4) is 0 Å². The van der Waals surface area contributed by atoms with E-state index in [2.05, 4.69) is 59.8 Å². The first-order valence-electron chi connectivity index (χ1n) is 16.2. The number of aliphatic hydroxyl groups excluding tert-OH is 1. The van der Waals surface area contributed by atoms with Gasteiger partial charge in [-0.3, -0.25) is 0 Å². The summed E-state index contributed by atoms with van der Waals surface area (Å²) in [6.45, 7) is 14.9. The lowest BCUT2D eigenvalue weighted by Crippen LogP contribution is -2.51. The van der Waals surface area contributed by atoms with Gasteiger partial charge < -0.3 is 19.7 Å². The third-order valence-corrected chi connectivity index (χ3v) is 9.55. The third-order valence-electron chi connectivity index (χ3n) is 9.55. The number of fused-ring (bicyclic) bond motifs is 1. The maximum atomic E-state index is 10.9. The molecule has 4 nitrogen and oxygen atoms in total. The van der Waals surface area contributed by atoms with Crippen LogP contribution < -0.4 is 5.11 Å². The average Bonchev–Trinajstić information content (AvgIpc) is 2.90. The summed E-state index contributed by atoms with van der Waals surface area (Å²) in [5.41, 5.74) is 5.88. The van der Waals surface area contributed by atoms with Gasteiger partial charge in [-0.1, -0.05) is 69.2 Å². The predicted octanol–water partition coefficient (Wildman–Crippen LogP) is 8.69. The average molecular weight is 556 g/mol. The van der Waals surface area contributed by atoms with Crippen LogP contribution in [-0.2, 0) is 9.53 Å². The molecule has 1 saturated heterocycles. The van der Waals surface area contributed by atoms with E-state index in [1.165, 1.54) is 60.8 Å². The summed E-state index contributed by atoms with van der Waals surface area (Å²) >= 11 is 0. The van der Waals surface area contributed by atoms with Crippen LogP contribution in [-0.4, -0.2) is 28.4 Å². The van der Waals surface area contributed by atoms with E-state index in [9.17, 15) is 15.0 Å². The van der Waals surface area contributed by atoms with Crippen molar-refractivity contribution < 1.29 is 19.7 Å². The first-order valence-corrected chi connectivity index (χ1v) is 16.2. The highest BCUT2D eigenvalue weighted by molar-refractivity contribution is 5.66. The molecule has 4 atom stereocenters. The van der Waals surface area contributed by atoms with Crippen LogP contribution in [0.2, 0.25) is 0 Å². The summed E-state index contributed by atoms with van der Waals surface area (Å²) in [6, 6.07) is 0. The summed E-state index contributed by atoms with van der Waals surface area (Å²) < 4.78 is 7.17. The van der Waals surface area contributed by atoms with Crippen molar-refractivity contribution >= 4 is 5.97 Å². The molecule has 0 aromatic carbocycles. The van der Waals surface area contributed by atoms with Crippen molar-refractivity contribution in [1.29, 1.82) is 0 Å². The molecule has 0 radical (unpaired) electrons. The molecule has 4 heteroatoms. The Bertz CT molecular complexity index is 938. The lowest BCUT2D eigenvalue weighted by Gasteiger charge is -2.52. The Balaban J connectivity index is 1.92. The molecule has 0 amide bonds. The number of aliphatic hydroxyl groups is 1. The highest BCUT2D eigenvalue weighted by atomic mass is 16.5. The molecule has 1 fully saturated rings. The Hall–Kier alpha value is -1.65. The van der Waals surface area contributed by atoms with Crippen molar-refractivity contribution in [2.75, 3.05) is 0 Å². The quantitative estimate of drug-likeness (QED) is 0.136. The molecule has 1 heterocycles. The molecule has 1 aliphatic carbocycles. The Morgan fingerprint density at radius 3 is 2.33 bits per heavy atom. The second-order valence-corrected chi connectivity index (χ2v) is 13.1. The van der Waals surface area contributed by atoms with Gasteiger partial charge in [-0.15, -0.1) is 0 Å². The van der Waals surface area contributed by atoms with Crippen LogP contribution in [0.1, 0.15) is 151 Å². The van der Waals surface area contributed by atoms with Gasteiger partial charge in [0.1, 0.15) is 5.60 Å².